The van der Waals surface area contributed by atoms with Gasteiger partial charge in [0.05, 0.1) is 6.20 Å². The SMILES string of the molecule is Cc1oncc1C(=O)N1CCN(c2ccc(F)cc2)CC1. The quantitative estimate of drug-likeness (QED) is 0.849. The molecule has 1 aromatic heterocycles. The number of halogens is 1. The number of carbonyl (C=O) groups excluding carboxylic acids is 1. The topological polar surface area (TPSA) is 49.6 Å². The van der Waals surface area contributed by atoms with E-state index in [4.69, 9.17) is 4.52 Å². The average Bonchev–Trinajstić information content (AvgIpc) is 2.94. The van der Waals surface area contributed by atoms with Crippen LogP contribution in [-0.4, -0.2) is 42.1 Å². The Balaban J connectivity index is 1.64. The van der Waals surface area contributed by atoms with E-state index in [-0.39, 0.29) is 11.7 Å². The number of aryl methyl sites for hydroxylation is 1. The van der Waals surface area contributed by atoms with Crippen LogP contribution in [0.5, 0.6) is 0 Å². The Labute approximate surface area is 121 Å². The minimum absolute atomic E-state index is 0.0486. The molecule has 5 nitrogen and oxygen atoms in total. The van der Waals surface area contributed by atoms with Crippen LogP contribution in [0.1, 0.15) is 16.1 Å². The van der Waals surface area contributed by atoms with E-state index in [9.17, 15) is 9.18 Å². The van der Waals surface area contributed by atoms with Crippen LogP contribution in [0.3, 0.4) is 0 Å². The molecule has 3 rings (SSSR count). The first kappa shape index (κ1) is 13.6. The first-order valence-electron chi connectivity index (χ1n) is 6.86. The van der Waals surface area contributed by atoms with Crippen molar-refractivity contribution in [1.29, 1.82) is 0 Å². The third-order valence-electron chi connectivity index (χ3n) is 3.74. The number of piperazine rings is 1. The molecule has 0 atom stereocenters. The highest BCUT2D eigenvalue weighted by molar-refractivity contribution is 5.94. The van der Waals surface area contributed by atoms with Gasteiger partial charge in [0.1, 0.15) is 17.1 Å². The molecule has 1 aromatic carbocycles. The van der Waals surface area contributed by atoms with Crippen LogP contribution in [-0.2, 0) is 0 Å². The van der Waals surface area contributed by atoms with Crippen LogP contribution in [0.2, 0.25) is 0 Å². The van der Waals surface area contributed by atoms with Crippen LogP contribution >= 0.6 is 0 Å². The van der Waals surface area contributed by atoms with Crippen molar-refractivity contribution in [2.24, 2.45) is 0 Å². The van der Waals surface area contributed by atoms with Gasteiger partial charge in [-0.2, -0.15) is 0 Å². The van der Waals surface area contributed by atoms with E-state index in [1.54, 1.807) is 24.0 Å². The third kappa shape index (κ3) is 2.74. The van der Waals surface area contributed by atoms with Gasteiger partial charge in [-0.15, -0.1) is 0 Å². The minimum atomic E-state index is -0.240. The van der Waals surface area contributed by atoms with Gasteiger partial charge in [-0.05, 0) is 31.2 Å². The van der Waals surface area contributed by atoms with E-state index in [0.29, 0.717) is 24.4 Å². The smallest absolute Gasteiger partial charge is 0.259 e. The predicted molar refractivity (Wildman–Crippen MR) is 75.8 cm³/mol. The highest BCUT2D eigenvalue weighted by Gasteiger charge is 2.24. The zero-order valence-electron chi connectivity index (χ0n) is 11.8. The van der Waals surface area contributed by atoms with Gasteiger partial charge in [0.15, 0.2) is 0 Å². The molecule has 0 radical (unpaired) electrons. The largest absolute Gasteiger partial charge is 0.368 e. The van der Waals surface area contributed by atoms with Crippen LogP contribution in [0.25, 0.3) is 0 Å². The van der Waals surface area contributed by atoms with Gasteiger partial charge >= 0.3 is 0 Å². The number of rotatable bonds is 2. The lowest BCUT2D eigenvalue weighted by Crippen LogP contribution is -2.48. The van der Waals surface area contributed by atoms with Crippen molar-refractivity contribution in [1.82, 2.24) is 10.1 Å². The average molecular weight is 289 g/mol. The molecule has 0 bridgehead atoms. The zero-order chi connectivity index (χ0) is 14.8. The zero-order valence-corrected chi connectivity index (χ0v) is 11.8. The summed E-state index contributed by atoms with van der Waals surface area (Å²) in [6.45, 7) is 4.43. The Morgan fingerprint density at radius 1 is 1.19 bits per heavy atom. The number of benzene rings is 1. The van der Waals surface area contributed by atoms with Gasteiger partial charge in [0.25, 0.3) is 5.91 Å². The molecule has 0 unspecified atom stereocenters. The second-order valence-corrected chi connectivity index (χ2v) is 5.05. The Kier molecular flexibility index (Phi) is 3.60. The highest BCUT2D eigenvalue weighted by Crippen LogP contribution is 2.18. The number of nitrogens with zero attached hydrogens (tertiary/aromatic N) is 3. The summed E-state index contributed by atoms with van der Waals surface area (Å²) in [7, 11) is 0. The first-order chi connectivity index (χ1) is 10.1. The molecule has 0 aliphatic carbocycles. The molecule has 21 heavy (non-hydrogen) atoms. The van der Waals surface area contributed by atoms with Gasteiger partial charge in [0, 0.05) is 31.9 Å². The highest BCUT2D eigenvalue weighted by atomic mass is 19.1. The lowest BCUT2D eigenvalue weighted by molar-refractivity contribution is 0.0745. The molecule has 6 heteroatoms. The Hall–Kier alpha value is -2.37. The molecule has 0 spiro atoms. The normalized spacial score (nSPS) is 15.3. The standard InChI is InChI=1S/C15H16FN3O2/c1-11-14(10-17-21-11)15(20)19-8-6-18(7-9-19)13-4-2-12(16)3-5-13/h2-5,10H,6-9H2,1H3. The van der Waals surface area contributed by atoms with Gasteiger partial charge < -0.3 is 14.3 Å². The van der Waals surface area contributed by atoms with Crippen molar-refractivity contribution in [3.63, 3.8) is 0 Å². The van der Waals surface area contributed by atoms with E-state index in [1.807, 2.05) is 0 Å². The summed E-state index contributed by atoms with van der Waals surface area (Å²) >= 11 is 0. The predicted octanol–water partition coefficient (Wildman–Crippen LogP) is 2.08. The third-order valence-corrected chi connectivity index (χ3v) is 3.74. The van der Waals surface area contributed by atoms with Crippen molar-refractivity contribution >= 4 is 11.6 Å². The summed E-state index contributed by atoms with van der Waals surface area (Å²) in [5, 5.41) is 3.64. The molecular formula is C15H16FN3O2. The fourth-order valence-corrected chi connectivity index (χ4v) is 2.49. The van der Waals surface area contributed by atoms with E-state index in [2.05, 4.69) is 10.1 Å². The van der Waals surface area contributed by atoms with E-state index in [0.717, 1.165) is 18.8 Å². The molecule has 1 aliphatic rings. The van der Waals surface area contributed by atoms with Crippen LogP contribution in [0.15, 0.2) is 35.0 Å². The van der Waals surface area contributed by atoms with E-state index in [1.165, 1.54) is 18.3 Å². The molecular weight excluding hydrogens is 273 g/mol. The van der Waals surface area contributed by atoms with Gasteiger partial charge in [0.2, 0.25) is 0 Å². The second-order valence-electron chi connectivity index (χ2n) is 5.05. The Bertz CT molecular complexity index is 631. The monoisotopic (exact) mass is 289 g/mol. The van der Waals surface area contributed by atoms with Crippen LogP contribution in [0, 0.1) is 12.7 Å². The maximum Gasteiger partial charge on any atom is 0.259 e. The minimum Gasteiger partial charge on any atom is -0.368 e. The number of carbonyl (C=O) groups is 1. The Morgan fingerprint density at radius 3 is 2.43 bits per heavy atom. The van der Waals surface area contributed by atoms with Crippen molar-refractivity contribution in [2.75, 3.05) is 31.1 Å². The van der Waals surface area contributed by atoms with E-state index >= 15 is 0 Å². The summed E-state index contributed by atoms with van der Waals surface area (Å²) in [5.41, 5.74) is 1.50. The summed E-state index contributed by atoms with van der Waals surface area (Å²) in [4.78, 5) is 16.3. The van der Waals surface area contributed by atoms with Gasteiger partial charge in [-0.1, -0.05) is 5.16 Å². The molecule has 110 valence electrons. The van der Waals surface area contributed by atoms with Crippen molar-refractivity contribution < 1.29 is 13.7 Å². The first-order valence-corrected chi connectivity index (χ1v) is 6.86. The van der Waals surface area contributed by atoms with Gasteiger partial charge in [-0.25, -0.2) is 4.39 Å². The number of anilines is 1. The fourth-order valence-electron chi connectivity index (χ4n) is 2.49. The van der Waals surface area contributed by atoms with Crippen molar-refractivity contribution in [3.05, 3.63) is 47.6 Å². The number of hydrogen-bond donors (Lipinski definition) is 0. The van der Waals surface area contributed by atoms with Gasteiger partial charge in [-0.3, -0.25) is 4.79 Å². The van der Waals surface area contributed by atoms with Crippen molar-refractivity contribution in [2.45, 2.75) is 6.92 Å². The molecule has 1 saturated heterocycles. The van der Waals surface area contributed by atoms with E-state index < -0.39 is 0 Å². The van der Waals surface area contributed by atoms with Crippen LogP contribution in [0.4, 0.5) is 10.1 Å². The second kappa shape index (κ2) is 5.55. The molecule has 2 aromatic rings. The summed E-state index contributed by atoms with van der Waals surface area (Å²) in [6.07, 6.45) is 1.46. The number of amides is 1. The lowest BCUT2D eigenvalue weighted by atomic mass is 10.2. The number of hydrogen-bond acceptors (Lipinski definition) is 4. The molecule has 0 N–H and O–H groups in total. The Morgan fingerprint density at radius 2 is 1.86 bits per heavy atom. The summed E-state index contributed by atoms with van der Waals surface area (Å²) in [6, 6.07) is 6.43. The van der Waals surface area contributed by atoms with Crippen LogP contribution < -0.4 is 4.90 Å². The summed E-state index contributed by atoms with van der Waals surface area (Å²) in [5.74, 6) is 0.254. The molecule has 0 saturated carbocycles. The molecule has 1 aliphatic heterocycles. The molecule has 1 amide bonds. The molecule has 2 heterocycles. The molecule has 1 fully saturated rings. The maximum atomic E-state index is 12.9. The summed E-state index contributed by atoms with van der Waals surface area (Å²) < 4.78 is 17.9. The van der Waals surface area contributed by atoms with Crippen molar-refractivity contribution in [3.8, 4) is 0 Å². The number of aromatic nitrogens is 1. The lowest BCUT2D eigenvalue weighted by Gasteiger charge is -2.36. The fraction of sp³-hybridized carbons (Fsp3) is 0.333. The maximum absolute atomic E-state index is 12.9.